The van der Waals surface area contributed by atoms with Crippen LogP contribution in [0.25, 0.3) is 11.0 Å². The van der Waals surface area contributed by atoms with Gasteiger partial charge in [0.2, 0.25) is 0 Å². The molecule has 0 atom stereocenters. The minimum Gasteiger partial charge on any atom is -0.465 e. The van der Waals surface area contributed by atoms with Crippen molar-refractivity contribution >= 4 is 44.5 Å². The third-order valence-corrected chi connectivity index (χ3v) is 4.50. The fourth-order valence-corrected chi connectivity index (χ4v) is 2.95. The molecule has 0 aliphatic carbocycles. The number of benzene rings is 2. The van der Waals surface area contributed by atoms with Crippen molar-refractivity contribution in [2.45, 2.75) is 13.8 Å². The standard InChI is InChI=1S/C19H16BrNO4/c1-10-4-5-12(19(23)24-3)8-15(10)21-18(22)17-11(2)14-9-13(20)6-7-16(14)25-17/h4-9H,1-3H3,(H,21,22). The number of carbonyl (C=O) groups excluding carboxylic acids is 2. The number of carbonyl (C=O) groups is 2. The maximum absolute atomic E-state index is 12.7. The van der Waals surface area contributed by atoms with Crippen LogP contribution < -0.4 is 5.32 Å². The molecule has 1 heterocycles. The van der Waals surface area contributed by atoms with Gasteiger partial charge < -0.3 is 14.5 Å². The molecule has 5 nitrogen and oxygen atoms in total. The molecule has 0 spiro atoms. The second kappa shape index (κ2) is 6.72. The van der Waals surface area contributed by atoms with Crippen LogP contribution in [-0.4, -0.2) is 19.0 Å². The Labute approximate surface area is 153 Å². The van der Waals surface area contributed by atoms with Gasteiger partial charge >= 0.3 is 5.97 Å². The van der Waals surface area contributed by atoms with Crippen molar-refractivity contribution in [3.63, 3.8) is 0 Å². The second-order valence-electron chi connectivity index (χ2n) is 5.67. The lowest BCUT2D eigenvalue weighted by molar-refractivity contribution is 0.0600. The Balaban J connectivity index is 1.95. The Kier molecular flexibility index (Phi) is 4.63. The molecule has 0 aliphatic rings. The molecule has 1 aromatic heterocycles. The van der Waals surface area contributed by atoms with E-state index in [9.17, 15) is 9.59 Å². The maximum atomic E-state index is 12.7. The molecule has 0 radical (unpaired) electrons. The summed E-state index contributed by atoms with van der Waals surface area (Å²) in [4.78, 5) is 24.3. The molecule has 0 bridgehead atoms. The fourth-order valence-electron chi connectivity index (χ4n) is 2.59. The normalized spacial score (nSPS) is 10.7. The highest BCUT2D eigenvalue weighted by Crippen LogP contribution is 2.29. The van der Waals surface area contributed by atoms with E-state index in [1.807, 2.05) is 32.0 Å². The molecule has 0 aliphatic heterocycles. The summed E-state index contributed by atoms with van der Waals surface area (Å²) in [6, 6.07) is 10.6. The number of methoxy groups -OCH3 is 1. The van der Waals surface area contributed by atoms with Crippen molar-refractivity contribution in [3.8, 4) is 0 Å². The van der Waals surface area contributed by atoms with Crippen LogP contribution in [0.1, 0.15) is 32.0 Å². The van der Waals surface area contributed by atoms with Crippen LogP contribution in [0.4, 0.5) is 5.69 Å². The zero-order valence-corrected chi connectivity index (χ0v) is 15.6. The maximum Gasteiger partial charge on any atom is 0.337 e. The number of fused-ring (bicyclic) bond motifs is 1. The molecular weight excluding hydrogens is 386 g/mol. The van der Waals surface area contributed by atoms with Gasteiger partial charge in [-0.05, 0) is 49.7 Å². The van der Waals surface area contributed by atoms with E-state index in [0.717, 1.165) is 21.0 Å². The summed E-state index contributed by atoms with van der Waals surface area (Å²) < 4.78 is 11.3. The van der Waals surface area contributed by atoms with Crippen molar-refractivity contribution in [2.75, 3.05) is 12.4 Å². The highest BCUT2D eigenvalue weighted by atomic mass is 79.9. The molecule has 0 fully saturated rings. The van der Waals surface area contributed by atoms with E-state index < -0.39 is 5.97 Å². The molecule has 3 aromatic rings. The van der Waals surface area contributed by atoms with E-state index >= 15 is 0 Å². The smallest absolute Gasteiger partial charge is 0.337 e. The molecule has 1 N–H and O–H groups in total. The van der Waals surface area contributed by atoms with Crippen LogP contribution in [0.15, 0.2) is 45.3 Å². The number of rotatable bonds is 3. The number of amides is 1. The molecule has 0 unspecified atom stereocenters. The molecule has 25 heavy (non-hydrogen) atoms. The van der Waals surface area contributed by atoms with Crippen LogP contribution >= 0.6 is 15.9 Å². The summed E-state index contributed by atoms with van der Waals surface area (Å²) >= 11 is 3.42. The van der Waals surface area contributed by atoms with Gasteiger partial charge in [-0.2, -0.15) is 0 Å². The van der Waals surface area contributed by atoms with Crippen LogP contribution in [0.3, 0.4) is 0 Å². The second-order valence-corrected chi connectivity index (χ2v) is 6.59. The molecule has 1 amide bonds. The number of halogens is 1. The topological polar surface area (TPSA) is 68.5 Å². The third-order valence-electron chi connectivity index (χ3n) is 4.01. The first-order valence-electron chi connectivity index (χ1n) is 7.59. The van der Waals surface area contributed by atoms with E-state index in [2.05, 4.69) is 21.2 Å². The number of hydrogen-bond donors (Lipinski definition) is 1. The Morgan fingerprint density at radius 3 is 2.60 bits per heavy atom. The number of esters is 1. The van der Waals surface area contributed by atoms with Crippen molar-refractivity contribution < 1.29 is 18.7 Å². The van der Waals surface area contributed by atoms with Crippen LogP contribution in [0.2, 0.25) is 0 Å². The molecule has 128 valence electrons. The Morgan fingerprint density at radius 1 is 1.12 bits per heavy atom. The summed E-state index contributed by atoms with van der Waals surface area (Å²) in [6.45, 7) is 3.68. The van der Waals surface area contributed by atoms with E-state index in [1.165, 1.54) is 7.11 Å². The zero-order chi connectivity index (χ0) is 18.1. The lowest BCUT2D eigenvalue weighted by Crippen LogP contribution is -2.14. The van der Waals surface area contributed by atoms with Gasteiger partial charge in [-0.1, -0.05) is 22.0 Å². The minimum absolute atomic E-state index is 0.246. The van der Waals surface area contributed by atoms with Gasteiger partial charge in [-0.15, -0.1) is 0 Å². The van der Waals surface area contributed by atoms with E-state index in [1.54, 1.807) is 18.2 Å². The predicted molar refractivity (Wildman–Crippen MR) is 99.1 cm³/mol. The van der Waals surface area contributed by atoms with Crippen molar-refractivity contribution in [3.05, 3.63) is 63.3 Å². The summed E-state index contributed by atoms with van der Waals surface area (Å²) in [5.41, 5.74) is 3.14. The van der Waals surface area contributed by atoms with Gasteiger partial charge in [0.1, 0.15) is 5.58 Å². The summed E-state index contributed by atoms with van der Waals surface area (Å²) in [5.74, 6) is -0.578. The lowest BCUT2D eigenvalue weighted by Gasteiger charge is -2.09. The summed E-state index contributed by atoms with van der Waals surface area (Å²) in [5, 5.41) is 3.68. The predicted octanol–water partition coefficient (Wildman–Crippen LogP) is 4.85. The minimum atomic E-state index is -0.458. The number of ether oxygens (including phenoxy) is 1. The molecule has 0 saturated carbocycles. The van der Waals surface area contributed by atoms with Crippen molar-refractivity contribution in [1.29, 1.82) is 0 Å². The highest BCUT2D eigenvalue weighted by molar-refractivity contribution is 9.10. The lowest BCUT2D eigenvalue weighted by atomic mass is 10.1. The third kappa shape index (κ3) is 3.30. The SMILES string of the molecule is COC(=O)c1ccc(C)c(NC(=O)c2oc3ccc(Br)cc3c2C)c1. The van der Waals surface area contributed by atoms with E-state index in [4.69, 9.17) is 9.15 Å². The fraction of sp³-hybridized carbons (Fsp3) is 0.158. The molecular formula is C19H16BrNO4. The summed E-state index contributed by atoms with van der Waals surface area (Å²) in [6.07, 6.45) is 0. The van der Waals surface area contributed by atoms with Crippen LogP contribution in [-0.2, 0) is 4.74 Å². The van der Waals surface area contributed by atoms with Gasteiger partial charge in [-0.3, -0.25) is 4.79 Å². The van der Waals surface area contributed by atoms with Crippen molar-refractivity contribution in [2.24, 2.45) is 0 Å². The Morgan fingerprint density at radius 2 is 1.88 bits per heavy atom. The largest absolute Gasteiger partial charge is 0.465 e. The molecule has 3 rings (SSSR count). The first-order chi connectivity index (χ1) is 11.9. The molecule has 6 heteroatoms. The monoisotopic (exact) mass is 401 g/mol. The molecule has 0 saturated heterocycles. The van der Waals surface area contributed by atoms with Crippen LogP contribution in [0.5, 0.6) is 0 Å². The number of anilines is 1. The number of nitrogens with one attached hydrogen (secondary N) is 1. The average Bonchev–Trinajstić information content (AvgIpc) is 2.92. The van der Waals surface area contributed by atoms with E-state index in [0.29, 0.717) is 16.8 Å². The van der Waals surface area contributed by atoms with Gasteiger partial charge in [0.25, 0.3) is 5.91 Å². The number of furan rings is 1. The van der Waals surface area contributed by atoms with E-state index in [-0.39, 0.29) is 11.7 Å². The van der Waals surface area contributed by atoms with Gasteiger partial charge in [0.15, 0.2) is 5.76 Å². The van der Waals surface area contributed by atoms with Crippen molar-refractivity contribution in [1.82, 2.24) is 0 Å². The first-order valence-corrected chi connectivity index (χ1v) is 8.39. The Bertz CT molecular complexity index is 990. The quantitative estimate of drug-likeness (QED) is 0.636. The number of aryl methyl sites for hydroxylation is 2. The Hall–Kier alpha value is -2.60. The van der Waals surface area contributed by atoms with Gasteiger partial charge in [0, 0.05) is 21.1 Å². The van der Waals surface area contributed by atoms with Crippen LogP contribution in [0, 0.1) is 13.8 Å². The molecule has 2 aromatic carbocycles. The highest BCUT2D eigenvalue weighted by Gasteiger charge is 2.19. The average molecular weight is 402 g/mol. The summed E-state index contributed by atoms with van der Waals surface area (Å²) in [7, 11) is 1.32. The number of hydrogen-bond acceptors (Lipinski definition) is 4. The first kappa shape index (κ1) is 17.2. The zero-order valence-electron chi connectivity index (χ0n) is 14.0. The van der Waals surface area contributed by atoms with Gasteiger partial charge in [-0.25, -0.2) is 4.79 Å². The van der Waals surface area contributed by atoms with Gasteiger partial charge in [0.05, 0.1) is 12.7 Å².